The zero-order valence-corrected chi connectivity index (χ0v) is 27.7. The standard InChI is InChI=1S/C28H26B2I2O6P2/c1-3-27(33)37-19-17-35-23-9-5-21(6-10-23)29-39(31)25-13-15-26(16-14-25)40(32)30-22-7-11-24(12-8-22)36-18-20-38-28(34)4-2/h3-16H,1-2,17-20H2. The Balaban J connectivity index is 1.44. The molecule has 0 bridgehead atoms. The van der Waals surface area contributed by atoms with Gasteiger partial charge in [0.15, 0.2) is 0 Å². The Hall–Kier alpha value is -1.87. The van der Waals surface area contributed by atoms with E-state index >= 15 is 0 Å². The summed E-state index contributed by atoms with van der Waals surface area (Å²) >= 11 is 5.00. The molecule has 3 aromatic rings. The van der Waals surface area contributed by atoms with Crippen molar-refractivity contribution in [3.63, 3.8) is 0 Å². The van der Waals surface area contributed by atoms with Crippen LogP contribution in [0.4, 0.5) is 0 Å². The van der Waals surface area contributed by atoms with Crippen LogP contribution in [-0.4, -0.2) is 52.4 Å². The summed E-state index contributed by atoms with van der Waals surface area (Å²) < 4.78 is 21.0. The summed E-state index contributed by atoms with van der Waals surface area (Å²) in [5, 5.41) is 2.59. The molecule has 2 unspecified atom stereocenters. The molecule has 40 heavy (non-hydrogen) atoms. The molecule has 3 rings (SSSR count). The highest BCUT2D eigenvalue weighted by Gasteiger charge is 2.14. The monoisotopic (exact) mass is 796 g/mol. The molecule has 0 aliphatic rings. The zero-order valence-electron chi connectivity index (χ0n) is 21.6. The van der Waals surface area contributed by atoms with Gasteiger partial charge in [-0.1, -0.05) is 117 Å². The molecular weight excluding hydrogens is 770 g/mol. The second-order valence-corrected chi connectivity index (χ2v) is 17.0. The minimum Gasteiger partial charge on any atom is -0.490 e. The van der Waals surface area contributed by atoms with Crippen LogP contribution in [0, 0.1) is 0 Å². The van der Waals surface area contributed by atoms with Crippen molar-refractivity contribution in [2.45, 2.75) is 0 Å². The zero-order chi connectivity index (χ0) is 28.7. The van der Waals surface area contributed by atoms with Crippen LogP contribution in [0.15, 0.2) is 98.1 Å². The number of rotatable bonds is 16. The molecule has 0 N–H and O–H groups in total. The van der Waals surface area contributed by atoms with Crippen LogP contribution in [0.5, 0.6) is 11.5 Å². The predicted octanol–water partition coefficient (Wildman–Crippen LogP) is 4.71. The van der Waals surface area contributed by atoms with E-state index in [0.717, 1.165) is 34.6 Å². The maximum absolute atomic E-state index is 11.1. The minimum atomic E-state index is -0.494. The van der Waals surface area contributed by atoms with Crippen molar-refractivity contribution < 1.29 is 28.5 Å². The lowest BCUT2D eigenvalue weighted by atomic mass is 9.94. The van der Waals surface area contributed by atoms with Crippen LogP contribution < -0.4 is 31.0 Å². The quantitative estimate of drug-likeness (QED) is 0.0524. The minimum absolute atomic E-state index is 0.185. The summed E-state index contributed by atoms with van der Waals surface area (Å²) in [7, 11) is 0. The van der Waals surface area contributed by atoms with Crippen molar-refractivity contribution in [1.29, 1.82) is 0 Å². The normalized spacial score (nSPS) is 11.8. The molecule has 0 fully saturated rings. The Bertz CT molecular complexity index is 1160. The maximum Gasteiger partial charge on any atom is 0.330 e. The number of carbonyl (C=O) groups is 2. The van der Waals surface area contributed by atoms with Gasteiger partial charge in [0.2, 0.25) is 14.0 Å². The first-order valence-electron chi connectivity index (χ1n) is 12.1. The van der Waals surface area contributed by atoms with Gasteiger partial charge < -0.3 is 18.9 Å². The van der Waals surface area contributed by atoms with Gasteiger partial charge in [0.25, 0.3) is 0 Å². The Morgan fingerprint density at radius 3 is 1.30 bits per heavy atom. The molecule has 6 nitrogen and oxygen atoms in total. The first kappa shape index (κ1) is 32.6. The summed E-state index contributed by atoms with van der Waals surface area (Å²) in [5.74, 6) is 0.555. The molecule has 0 amide bonds. The van der Waals surface area contributed by atoms with E-state index in [9.17, 15) is 9.59 Å². The highest BCUT2D eigenvalue weighted by atomic mass is 127. The Morgan fingerprint density at radius 2 is 0.975 bits per heavy atom. The van der Waals surface area contributed by atoms with Crippen LogP contribution in [0.1, 0.15) is 0 Å². The Morgan fingerprint density at radius 1 is 0.625 bits per heavy atom. The van der Waals surface area contributed by atoms with Gasteiger partial charge in [0.1, 0.15) is 37.9 Å². The smallest absolute Gasteiger partial charge is 0.330 e. The fourth-order valence-electron chi connectivity index (χ4n) is 3.17. The summed E-state index contributed by atoms with van der Waals surface area (Å²) in [5.41, 5.74) is 1.27. The molecule has 0 aliphatic carbocycles. The maximum atomic E-state index is 11.1. The largest absolute Gasteiger partial charge is 0.490 e. The van der Waals surface area contributed by atoms with Crippen molar-refractivity contribution in [1.82, 2.24) is 0 Å². The van der Waals surface area contributed by atoms with Gasteiger partial charge in [-0.2, -0.15) is 0 Å². The summed E-state index contributed by atoms with van der Waals surface area (Å²) in [6.45, 7) is 12.2. The summed E-state index contributed by atoms with van der Waals surface area (Å²) in [6.07, 6.45) is 2.27. The first-order valence-corrected chi connectivity index (χ1v) is 20.5. The van der Waals surface area contributed by atoms with E-state index in [0.29, 0.717) is 13.2 Å². The molecule has 2 radical (unpaired) electrons. The van der Waals surface area contributed by atoms with Crippen molar-refractivity contribution in [3.8, 4) is 11.5 Å². The average molecular weight is 796 g/mol. The molecule has 2 atom stereocenters. The topological polar surface area (TPSA) is 71.1 Å². The van der Waals surface area contributed by atoms with E-state index in [1.165, 1.54) is 10.6 Å². The number of hydrogen-bond donors (Lipinski definition) is 0. The fraction of sp³-hybridized carbons (Fsp3) is 0.143. The van der Waals surface area contributed by atoms with Crippen molar-refractivity contribution in [2.24, 2.45) is 0 Å². The van der Waals surface area contributed by atoms with Crippen LogP contribution >= 0.6 is 55.0 Å². The molecule has 3 aromatic carbocycles. The van der Waals surface area contributed by atoms with Gasteiger partial charge >= 0.3 is 11.9 Å². The van der Waals surface area contributed by atoms with Crippen molar-refractivity contribution in [3.05, 3.63) is 98.1 Å². The van der Waals surface area contributed by atoms with Gasteiger partial charge in [-0.3, -0.25) is 0 Å². The third-order valence-electron chi connectivity index (χ3n) is 5.15. The Kier molecular flexibility index (Phi) is 14.6. The van der Waals surface area contributed by atoms with E-state index < -0.39 is 22.8 Å². The van der Waals surface area contributed by atoms with E-state index in [1.807, 2.05) is 48.5 Å². The number of hydrogen-bond acceptors (Lipinski definition) is 6. The van der Waals surface area contributed by atoms with Crippen molar-refractivity contribution >= 4 is 102 Å². The van der Waals surface area contributed by atoms with Gasteiger partial charge in [-0.25, -0.2) is 9.59 Å². The van der Waals surface area contributed by atoms with Crippen LogP contribution in [-0.2, 0) is 19.1 Å². The number of benzene rings is 3. The third kappa shape index (κ3) is 11.6. The molecule has 0 saturated heterocycles. The number of ether oxygens (including phenoxy) is 4. The highest BCUT2D eigenvalue weighted by Crippen LogP contribution is 2.44. The Labute approximate surface area is 265 Å². The third-order valence-corrected chi connectivity index (χ3v) is 12.8. The van der Waals surface area contributed by atoms with Gasteiger partial charge in [-0.05, 0) is 45.8 Å². The van der Waals surface area contributed by atoms with Crippen LogP contribution in [0.3, 0.4) is 0 Å². The number of carbonyl (C=O) groups excluding carboxylic acids is 2. The second kappa shape index (κ2) is 17.8. The lowest BCUT2D eigenvalue weighted by Crippen LogP contribution is -2.18. The number of esters is 2. The molecular formula is C28H26B2I2O6P2. The highest BCUT2D eigenvalue weighted by molar-refractivity contribution is 14.2. The van der Waals surface area contributed by atoms with Gasteiger partial charge in [0, 0.05) is 12.2 Å². The number of halogens is 2. The molecule has 12 heteroatoms. The van der Waals surface area contributed by atoms with E-state index in [4.69, 9.17) is 18.9 Å². The molecule has 204 valence electrons. The van der Waals surface area contributed by atoms with E-state index in [1.54, 1.807) is 0 Å². The van der Waals surface area contributed by atoms with E-state index in [2.05, 4.69) is 95.5 Å². The second-order valence-electron chi connectivity index (χ2n) is 7.98. The molecule has 0 spiro atoms. The first-order chi connectivity index (χ1) is 19.4. The molecule has 0 saturated carbocycles. The molecule has 0 aliphatic heterocycles. The fourth-order valence-corrected chi connectivity index (χ4v) is 9.06. The summed E-state index contributed by atoms with van der Waals surface area (Å²) in [4.78, 5) is 22.1. The van der Waals surface area contributed by atoms with Crippen molar-refractivity contribution in [2.75, 3.05) is 26.4 Å². The van der Waals surface area contributed by atoms with Gasteiger partial charge in [-0.15, -0.1) is 0 Å². The average Bonchev–Trinajstić information content (AvgIpc) is 2.98. The predicted molar refractivity (Wildman–Crippen MR) is 185 cm³/mol. The van der Waals surface area contributed by atoms with E-state index in [-0.39, 0.29) is 13.2 Å². The van der Waals surface area contributed by atoms with Crippen LogP contribution in [0.25, 0.3) is 0 Å². The van der Waals surface area contributed by atoms with Crippen LogP contribution in [0.2, 0.25) is 0 Å². The van der Waals surface area contributed by atoms with Gasteiger partial charge in [0.05, 0.1) is 0 Å². The lowest BCUT2D eigenvalue weighted by Gasteiger charge is -2.14. The summed E-state index contributed by atoms with van der Waals surface area (Å²) in [6, 6.07) is 24.6. The molecule has 0 aromatic heterocycles. The molecule has 0 heterocycles. The SMILES string of the molecule is C=CC(=O)OCCOc1ccc([B]P(I)c2ccc(P(I)[B]c3ccc(OCCOC(=O)C=C)cc3)cc2)cc1. The lowest BCUT2D eigenvalue weighted by molar-refractivity contribution is -0.139.